The van der Waals surface area contributed by atoms with Crippen LogP contribution in [0.15, 0.2) is 24.3 Å². The molecule has 0 aliphatic heterocycles. The van der Waals surface area contributed by atoms with E-state index in [1.54, 1.807) is 33.1 Å². The Bertz CT molecular complexity index is 598. The number of aryl methyl sites for hydroxylation is 1. The lowest BCUT2D eigenvalue weighted by Crippen LogP contribution is -2.50. The van der Waals surface area contributed by atoms with Crippen LogP contribution >= 0.6 is 0 Å². The van der Waals surface area contributed by atoms with Crippen LogP contribution < -0.4 is 9.62 Å². The van der Waals surface area contributed by atoms with E-state index >= 15 is 0 Å². The van der Waals surface area contributed by atoms with Crippen LogP contribution in [-0.2, 0) is 19.6 Å². The molecule has 2 atom stereocenters. The number of carbonyl (C=O) groups is 1. The fraction of sp³-hybridized carbons (Fsp3) is 0.533. The van der Waals surface area contributed by atoms with Crippen LogP contribution in [0.2, 0.25) is 0 Å². The highest BCUT2D eigenvalue weighted by Crippen LogP contribution is 2.21. The van der Waals surface area contributed by atoms with Crippen LogP contribution in [0.5, 0.6) is 0 Å². The molecule has 0 aromatic heterocycles. The van der Waals surface area contributed by atoms with Crippen LogP contribution in [-0.4, -0.2) is 46.4 Å². The Labute approximate surface area is 132 Å². The summed E-state index contributed by atoms with van der Waals surface area (Å²) in [4.78, 5) is 12.3. The lowest BCUT2D eigenvalue weighted by molar-refractivity contribution is -0.122. The van der Waals surface area contributed by atoms with Crippen molar-refractivity contribution in [3.63, 3.8) is 0 Å². The first-order chi connectivity index (χ1) is 10.2. The number of anilines is 1. The van der Waals surface area contributed by atoms with Crippen LogP contribution in [0.25, 0.3) is 0 Å². The highest BCUT2D eigenvalue weighted by Gasteiger charge is 2.29. The van der Waals surface area contributed by atoms with Crippen LogP contribution in [0.3, 0.4) is 0 Å². The average molecular weight is 328 g/mol. The van der Waals surface area contributed by atoms with E-state index in [0.29, 0.717) is 12.3 Å². The van der Waals surface area contributed by atoms with E-state index < -0.39 is 16.1 Å². The van der Waals surface area contributed by atoms with Crippen molar-refractivity contribution in [3.05, 3.63) is 29.8 Å². The second-order valence-corrected chi connectivity index (χ2v) is 7.29. The summed E-state index contributed by atoms with van der Waals surface area (Å²) in [6.07, 6.45) is 1.09. The van der Waals surface area contributed by atoms with Crippen LogP contribution in [0.1, 0.15) is 19.4 Å². The number of nitrogens with zero attached hydrogens (tertiary/aromatic N) is 1. The molecule has 0 aliphatic carbocycles. The third-order valence-corrected chi connectivity index (χ3v) is 4.42. The monoisotopic (exact) mass is 328 g/mol. The van der Waals surface area contributed by atoms with Crippen LogP contribution in [0, 0.1) is 6.92 Å². The first-order valence-corrected chi connectivity index (χ1v) is 8.87. The highest BCUT2D eigenvalue weighted by molar-refractivity contribution is 7.92. The van der Waals surface area contributed by atoms with Gasteiger partial charge in [-0.3, -0.25) is 9.10 Å². The standard InChI is InChI=1S/C15H24N2O4S/c1-11-6-8-14(9-7-11)17(22(5,19)20)13(3)15(18)16-12(2)10-21-4/h6-9,12-13H,10H2,1-5H3,(H,16,18)/t12-,13+/m0/s1. The third kappa shape index (κ3) is 4.99. The smallest absolute Gasteiger partial charge is 0.243 e. The van der Waals surface area contributed by atoms with Crippen molar-refractivity contribution in [2.24, 2.45) is 0 Å². The molecule has 124 valence electrons. The molecule has 0 aliphatic rings. The molecule has 1 rings (SSSR count). The normalized spacial score (nSPS) is 14.2. The van der Waals surface area contributed by atoms with E-state index in [-0.39, 0.29) is 11.9 Å². The highest BCUT2D eigenvalue weighted by atomic mass is 32.2. The Morgan fingerprint density at radius 1 is 1.27 bits per heavy atom. The van der Waals surface area contributed by atoms with Crippen LogP contribution in [0.4, 0.5) is 5.69 Å². The van der Waals surface area contributed by atoms with Gasteiger partial charge in [-0.1, -0.05) is 17.7 Å². The predicted octanol–water partition coefficient (Wildman–Crippen LogP) is 1.30. The van der Waals surface area contributed by atoms with Gasteiger partial charge >= 0.3 is 0 Å². The molecule has 6 nitrogen and oxygen atoms in total. The zero-order valence-electron chi connectivity index (χ0n) is 13.7. The minimum atomic E-state index is -3.58. The second-order valence-electron chi connectivity index (χ2n) is 5.44. The quantitative estimate of drug-likeness (QED) is 0.818. The van der Waals surface area contributed by atoms with Gasteiger partial charge in [-0.15, -0.1) is 0 Å². The number of benzene rings is 1. The number of hydrogen-bond donors (Lipinski definition) is 1. The van der Waals surface area contributed by atoms with Crippen molar-refractivity contribution in [1.82, 2.24) is 5.32 Å². The van der Waals surface area contributed by atoms with Crippen molar-refractivity contribution in [2.45, 2.75) is 32.9 Å². The van der Waals surface area contributed by atoms with Gasteiger partial charge in [0.05, 0.1) is 18.6 Å². The molecule has 1 amide bonds. The van der Waals surface area contributed by atoms with Gasteiger partial charge in [0.25, 0.3) is 0 Å². The molecule has 1 aromatic carbocycles. The van der Waals surface area contributed by atoms with Crippen molar-refractivity contribution in [3.8, 4) is 0 Å². The fourth-order valence-corrected chi connectivity index (χ4v) is 3.33. The molecule has 22 heavy (non-hydrogen) atoms. The van der Waals surface area contributed by atoms with Crippen molar-refractivity contribution < 1.29 is 17.9 Å². The van der Waals surface area contributed by atoms with E-state index in [4.69, 9.17) is 4.74 Å². The number of methoxy groups -OCH3 is 1. The Balaban J connectivity index is 3.02. The van der Waals surface area contributed by atoms with Gasteiger partial charge in [0.1, 0.15) is 6.04 Å². The average Bonchev–Trinajstić information content (AvgIpc) is 2.39. The van der Waals surface area contributed by atoms with E-state index in [9.17, 15) is 13.2 Å². The lowest BCUT2D eigenvalue weighted by atomic mass is 10.2. The third-order valence-electron chi connectivity index (χ3n) is 3.18. The van der Waals surface area contributed by atoms with Gasteiger partial charge in [0, 0.05) is 13.2 Å². The van der Waals surface area contributed by atoms with Gasteiger partial charge in [-0.2, -0.15) is 0 Å². The molecule has 0 heterocycles. The maximum absolute atomic E-state index is 12.3. The predicted molar refractivity (Wildman–Crippen MR) is 87.4 cm³/mol. The molecule has 1 N–H and O–H groups in total. The number of hydrogen-bond acceptors (Lipinski definition) is 4. The Morgan fingerprint density at radius 2 is 1.82 bits per heavy atom. The summed E-state index contributed by atoms with van der Waals surface area (Å²) in [5, 5.41) is 2.74. The van der Waals surface area contributed by atoms with E-state index in [2.05, 4.69) is 5.32 Å². The zero-order chi connectivity index (χ0) is 16.9. The topological polar surface area (TPSA) is 75.7 Å². The number of rotatable bonds is 7. The van der Waals surface area contributed by atoms with Crippen molar-refractivity contribution in [1.29, 1.82) is 0 Å². The maximum atomic E-state index is 12.3. The maximum Gasteiger partial charge on any atom is 0.243 e. The van der Waals surface area contributed by atoms with E-state index in [0.717, 1.165) is 16.1 Å². The molecule has 0 unspecified atom stereocenters. The van der Waals surface area contributed by atoms with Gasteiger partial charge in [0.15, 0.2) is 0 Å². The summed E-state index contributed by atoms with van der Waals surface area (Å²) < 4.78 is 30.3. The lowest BCUT2D eigenvalue weighted by Gasteiger charge is -2.29. The minimum absolute atomic E-state index is 0.195. The number of sulfonamides is 1. The van der Waals surface area contributed by atoms with Gasteiger partial charge in [-0.05, 0) is 32.9 Å². The summed E-state index contributed by atoms with van der Waals surface area (Å²) >= 11 is 0. The molecule has 0 bridgehead atoms. The number of ether oxygens (including phenoxy) is 1. The Kier molecular flexibility index (Phi) is 6.37. The number of nitrogens with one attached hydrogen (secondary N) is 1. The molecule has 0 radical (unpaired) electrons. The zero-order valence-corrected chi connectivity index (χ0v) is 14.5. The van der Waals surface area contributed by atoms with Gasteiger partial charge in [0.2, 0.25) is 15.9 Å². The van der Waals surface area contributed by atoms with Crippen molar-refractivity contribution in [2.75, 3.05) is 24.3 Å². The molecule has 1 aromatic rings. The molecule has 0 saturated carbocycles. The van der Waals surface area contributed by atoms with E-state index in [1.165, 1.54) is 0 Å². The molecule has 0 fully saturated rings. The number of carbonyl (C=O) groups excluding carboxylic acids is 1. The summed E-state index contributed by atoms with van der Waals surface area (Å²) in [6.45, 7) is 5.64. The Morgan fingerprint density at radius 3 is 2.27 bits per heavy atom. The molecular weight excluding hydrogens is 304 g/mol. The molecule has 7 heteroatoms. The minimum Gasteiger partial charge on any atom is -0.383 e. The first-order valence-electron chi connectivity index (χ1n) is 7.02. The molecule has 0 saturated heterocycles. The number of amides is 1. The van der Waals surface area contributed by atoms with Crippen molar-refractivity contribution >= 4 is 21.6 Å². The van der Waals surface area contributed by atoms with E-state index in [1.807, 2.05) is 19.1 Å². The first kappa shape index (κ1) is 18.4. The second kappa shape index (κ2) is 7.60. The molecule has 0 spiro atoms. The summed E-state index contributed by atoms with van der Waals surface area (Å²) in [5.74, 6) is -0.365. The molecular formula is C15H24N2O4S. The summed E-state index contributed by atoms with van der Waals surface area (Å²) in [6, 6.07) is 5.96. The SMILES string of the molecule is COC[C@H](C)NC(=O)[C@@H](C)N(c1ccc(C)cc1)S(C)(=O)=O. The fourth-order valence-electron chi connectivity index (χ4n) is 2.16. The summed E-state index contributed by atoms with van der Waals surface area (Å²) in [5.41, 5.74) is 1.48. The largest absolute Gasteiger partial charge is 0.383 e. The van der Waals surface area contributed by atoms with Gasteiger partial charge in [-0.25, -0.2) is 8.42 Å². The Hall–Kier alpha value is -1.60. The van der Waals surface area contributed by atoms with Gasteiger partial charge < -0.3 is 10.1 Å². The summed E-state index contributed by atoms with van der Waals surface area (Å²) in [7, 11) is -2.04.